The van der Waals surface area contributed by atoms with Crippen molar-refractivity contribution >= 4 is 23.4 Å². The monoisotopic (exact) mass is 257 g/mol. The van der Waals surface area contributed by atoms with Crippen LogP contribution in [-0.4, -0.2) is 18.3 Å². The third-order valence-electron chi connectivity index (χ3n) is 2.41. The summed E-state index contributed by atoms with van der Waals surface area (Å²) in [5.41, 5.74) is 0. The molecule has 1 aromatic carbocycles. The zero-order valence-electron chi connectivity index (χ0n) is 10.0. The van der Waals surface area contributed by atoms with Crippen LogP contribution in [0.2, 0.25) is 5.02 Å². The molecular weight excluding hydrogens is 238 g/mol. The number of thioether (sulfide) groups is 1. The third kappa shape index (κ3) is 4.77. The standard InChI is InChI=1S/C13H20ClNS/c1-3-7-11(15-4-2)10-16-13-9-6-5-8-12(13)14/h5-6,8-9,11,15H,3-4,7,10H2,1-2H3. The Morgan fingerprint density at radius 3 is 2.69 bits per heavy atom. The molecule has 1 rings (SSSR count). The van der Waals surface area contributed by atoms with Crippen LogP contribution in [0.15, 0.2) is 29.2 Å². The van der Waals surface area contributed by atoms with E-state index < -0.39 is 0 Å². The van der Waals surface area contributed by atoms with Crippen molar-refractivity contribution in [1.29, 1.82) is 0 Å². The fourth-order valence-corrected chi connectivity index (χ4v) is 2.98. The highest BCUT2D eigenvalue weighted by Gasteiger charge is 2.07. The van der Waals surface area contributed by atoms with Crippen molar-refractivity contribution in [2.75, 3.05) is 12.3 Å². The molecule has 16 heavy (non-hydrogen) atoms. The van der Waals surface area contributed by atoms with Gasteiger partial charge in [-0.3, -0.25) is 0 Å². The molecule has 0 fully saturated rings. The van der Waals surface area contributed by atoms with E-state index in [1.54, 1.807) is 0 Å². The second-order valence-electron chi connectivity index (χ2n) is 3.78. The summed E-state index contributed by atoms with van der Waals surface area (Å²) in [5, 5.41) is 4.37. The summed E-state index contributed by atoms with van der Waals surface area (Å²) in [5.74, 6) is 1.09. The molecule has 0 aliphatic heterocycles. The molecule has 1 nitrogen and oxygen atoms in total. The zero-order valence-corrected chi connectivity index (χ0v) is 11.6. The Balaban J connectivity index is 2.45. The van der Waals surface area contributed by atoms with Gasteiger partial charge in [-0.25, -0.2) is 0 Å². The highest BCUT2D eigenvalue weighted by molar-refractivity contribution is 7.99. The lowest BCUT2D eigenvalue weighted by Crippen LogP contribution is -2.30. The highest BCUT2D eigenvalue weighted by atomic mass is 35.5. The van der Waals surface area contributed by atoms with Crippen molar-refractivity contribution in [2.24, 2.45) is 0 Å². The fourth-order valence-electron chi connectivity index (χ4n) is 1.63. The number of nitrogens with one attached hydrogen (secondary N) is 1. The molecule has 90 valence electrons. The van der Waals surface area contributed by atoms with E-state index in [-0.39, 0.29) is 0 Å². The van der Waals surface area contributed by atoms with E-state index in [2.05, 4.69) is 25.2 Å². The molecule has 0 bridgehead atoms. The van der Waals surface area contributed by atoms with E-state index in [0.29, 0.717) is 6.04 Å². The smallest absolute Gasteiger partial charge is 0.0541 e. The Labute approximate surface area is 108 Å². The number of hydrogen-bond donors (Lipinski definition) is 1. The largest absolute Gasteiger partial charge is 0.313 e. The molecule has 0 amide bonds. The van der Waals surface area contributed by atoms with Crippen molar-refractivity contribution in [1.82, 2.24) is 5.32 Å². The minimum absolute atomic E-state index is 0.594. The van der Waals surface area contributed by atoms with Crippen LogP contribution in [0.1, 0.15) is 26.7 Å². The van der Waals surface area contributed by atoms with Crippen LogP contribution in [0.5, 0.6) is 0 Å². The van der Waals surface area contributed by atoms with Crippen molar-refractivity contribution in [3.63, 3.8) is 0 Å². The fraction of sp³-hybridized carbons (Fsp3) is 0.538. The summed E-state index contributed by atoms with van der Waals surface area (Å²) in [4.78, 5) is 1.18. The third-order valence-corrected chi connectivity index (χ3v) is 4.08. The number of benzene rings is 1. The minimum Gasteiger partial charge on any atom is -0.313 e. The molecule has 1 unspecified atom stereocenters. The summed E-state index contributed by atoms with van der Waals surface area (Å²) >= 11 is 7.96. The number of rotatable bonds is 7. The van der Waals surface area contributed by atoms with Crippen molar-refractivity contribution in [3.05, 3.63) is 29.3 Å². The molecule has 1 N–H and O–H groups in total. The van der Waals surface area contributed by atoms with Gasteiger partial charge in [-0.2, -0.15) is 0 Å². The van der Waals surface area contributed by atoms with Crippen molar-refractivity contribution in [2.45, 2.75) is 37.6 Å². The van der Waals surface area contributed by atoms with Gasteiger partial charge in [-0.15, -0.1) is 11.8 Å². The average Bonchev–Trinajstić information content (AvgIpc) is 2.28. The predicted molar refractivity (Wildman–Crippen MR) is 74.5 cm³/mol. The normalized spacial score (nSPS) is 12.7. The van der Waals surface area contributed by atoms with Gasteiger partial charge in [-0.05, 0) is 25.1 Å². The van der Waals surface area contributed by atoms with Gasteiger partial charge in [0.1, 0.15) is 0 Å². The molecule has 1 atom stereocenters. The van der Waals surface area contributed by atoms with Crippen LogP contribution in [0.25, 0.3) is 0 Å². The average molecular weight is 258 g/mol. The topological polar surface area (TPSA) is 12.0 Å². The van der Waals surface area contributed by atoms with Crippen LogP contribution >= 0.6 is 23.4 Å². The van der Waals surface area contributed by atoms with Crippen LogP contribution in [-0.2, 0) is 0 Å². The lowest BCUT2D eigenvalue weighted by molar-refractivity contribution is 0.531. The molecule has 1 aromatic rings. The van der Waals surface area contributed by atoms with Gasteiger partial charge in [0.2, 0.25) is 0 Å². The Hall–Kier alpha value is -0.180. The molecule has 0 radical (unpaired) electrons. The molecule has 0 heterocycles. The van der Waals surface area contributed by atoms with E-state index >= 15 is 0 Å². The summed E-state index contributed by atoms with van der Waals surface area (Å²) in [6.07, 6.45) is 2.45. The Morgan fingerprint density at radius 1 is 1.31 bits per heavy atom. The van der Waals surface area contributed by atoms with Crippen LogP contribution in [0.4, 0.5) is 0 Å². The van der Waals surface area contributed by atoms with Gasteiger partial charge in [0.15, 0.2) is 0 Å². The van der Waals surface area contributed by atoms with Crippen LogP contribution in [0.3, 0.4) is 0 Å². The second kappa shape index (κ2) is 7.99. The first-order chi connectivity index (χ1) is 7.77. The Bertz CT molecular complexity index is 298. The van der Waals surface area contributed by atoms with Crippen LogP contribution < -0.4 is 5.32 Å². The van der Waals surface area contributed by atoms with Gasteiger partial charge in [0.05, 0.1) is 5.02 Å². The predicted octanol–water partition coefficient (Wildman–Crippen LogP) is 4.21. The van der Waals surface area contributed by atoms with E-state index in [1.165, 1.54) is 17.7 Å². The summed E-state index contributed by atoms with van der Waals surface area (Å²) < 4.78 is 0. The second-order valence-corrected chi connectivity index (χ2v) is 5.25. The lowest BCUT2D eigenvalue weighted by atomic mass is 10.2. The first kappa shape index (κ1) is 13.9. The highest BCUT2D eigenvalue weighted by Crippen LogP contribution is 2.27. The van der Waals surface area contributed by atoms with E-state index in [4.69, 9.17) is 11.6 Å². The summed E-state index contributed by atoms with van der Waals surface area (Å²) in [6, 6.07) is 8.64. The van der Waals surface area contributed by atoms with Gasteiger partial charge in [0.25, 0.3) is 0 Å². The van der Waals surface area contributed by atoms with E-state index in [0.717, 1.165) is 17.3 Å². The quantitative estimate of drug-likeness (QED) is 0.735. The maximum absolute atomic E-state index is 6.12. The zero-order chi connectivity index (χ0) is 11.8. The van der Waals surface area contributed by atoms with Gasteiger partial charge >= 0.3 is 0 Å². The Kier molecular flexibility index (Phi) is 6.93. The van der Waals surface area contributed by atoms with Gasteiger partial charge in [-0.1, -0.05) is 44.0 Å². The summed E-state index contributed by atoms with van der Waals surface area (Å²) in [6.45, 7) is 5.42. The maximum atomic E-state index is 6.12. The van der Waals surface area contributed by atoms with E-state index in [9.17, 15) is 0 Å². The molecule has 0 saturated heterocycles. The van der Waals surface area contributed by atoms with E-state index in [1.807, 2.05) is 30.0 Å². The first-order valence-electron chi connectivity index (χ1n) is 5.88. The van der Waals surface area contributed by atoms with Gasteiger partial charge in [0, 0.05) is 16.7 Å². The SMILES string of the molecule is CCCC(CSc1ccccc1Cl)NCC. The molecule has 0 aromatic heterocycles. The van der Waals surface area contributed by atoms with Crippen molar-refractivity contribution < 1.29 is 0 Å². The molecule has 0 saturated carbocycles. The molecular formula is C13H20ClNS. The minimum atomic E-state index is 0.594. The molecule has 3 heteroatoms. The number of halogens is 1. The van der Waals surface area contributed by atoms with Crippen molar-refractivity contribution in [3.8, 4) is 0 Å². The number of hydrogen-bond acceptors (Lipinski definition) is 2. The molecule has 0 spiro atoms. The molecule has 0 aliphatic rings. The van der Waals surface area contributed by atoms with Gasteiger partial charge < -0.3 is 5.32 Å². The Morgan fingerprint density at radius 2 is 2.06 bits per heavy atom. The molecule has 0 aliphatic carbocycles. The first-order valence-corrected chi connectivity index (χ1v) is 7.25. The summed E-state index contributed by atoms with van der Waals surface area (Å²) in [7, 11) is 0. The maximum Gasteiger partial charge on any atom is 0.0541 e. The van der Waals surface area contributed by atoms with Crippen LogP contribution in [0, 0.1) is 0 Å². The lowest BCUT2D eigenvalue weighted by Gasteiger charge is -2.16.